The van der Waals surface area contributed by atoms with Gasteiger partial charge in [-0.3, -0.25) is 9.69 Å². The van der Waals surface area contributed by atoms with Crippen LogP contribution in [0.2, 0.25) is 0 Å². The predicted molar refractivity (Wildman–Crippen MR) is 113 cm³/mol. The van der Waals surface area contributed by atoms with Gasteiger partial charge in [0.15, 0.2) is 0 Å². The van der Waals surface area contributed by atoms with Gasteiger partial charge in [-0.05, 0) is 31.0 Å². The fraction of sp³-hybridized carbons (Fsp3) is 0.304. The highest BCUT2D eigenvalue weighted by Gasteiger charge is 2.41. The average molecular weight is 377 g/mol. The second-order valence-corrected chi connectivity index (χ2v) is 7.08. The van der Waals surface area contributed by atoms with Crippen molar-refractivity contribution in [1.82, 2.24) is 10.2 Å². The number of hydrogen-bond donors (Lipinski definition) is 2. The lowest BCUT2D eigenvalue weighted by Gasteiger charge is -2.22. The quantitative estimate of drug-likeness (QED) is 0.678. The molecule has 146 valence electrons. The van der Waals surface area contributed by atoms with Crippen LogP contribution in [0.25, 0.3) is 6.08 Å². The Kier molecular flexibility index (Phi) is 6.48. The van der Waals surface area contributed by atoms with E-state index in [0.29, 0.717) is 6.54 Å². The van der Waals surface area contributed by atoms with Crippen molar-refractivity contribution in [3.63, 3.8) is 0 Å². The third-order valence-corrected chi connectivity index (χ3v) is 4.83. The van der Waals surface area contributed by atoms with E-state index in [1.807, 2.05) is 80.6 Å². The highest BCUT2D eigenvalue weighted by Crippen LogP contribution is 2.18. The third-order valence-electron chi connectivity index (χ3n) is 4.83. The zero-order chi connectivity index (χ0) is 19.9. The molecule has 28 heavy (non-hydrogen) atoms. The lowest BCUT2D eigenvalue weighted by molar-refractivity contribution is -0.127. The molecular formula is C23H27N3O2. The number of rotatable bonds is 8. The molecule has 2 aromatic rings. The van der Waals surface area contributed by atoms with Crippen LogP contribution >= 0.6 is 0 Å². The van der Waals surface area contributed by atoms with Gasteiger partial charge < -0.3 is 10.6 Å². The molecule has 2 atom stereocenters. The number of nitrogens with zero attached hydrogens (tertiary/aromatic N) is 1. The van der Waals surface area contributed by atoms with Crippen LogP contribution in [0.5, 0.6) is 0 Å². The number of unbranched alkanes of at least 4 members (excludes halogenated alkanes) is 1. The molecule has 0 saturated carbocycles. The van der Waals surface area contributed by atoms with Gasteiger partial charge in [-0.15, -0.1) is 0 Å². The molecule has 0 aromatic heterocycles. The van der Waals surface area contributed by atoms with Crippen molar-refractivity contribution in [3.05, 3.63) is 71.8 Å². The lowest BCUT2D eigenvalue weighted by atomic mass is 10.0. The number of nitrogens with one attached hydrogen (secondary N) is 2. The van der Waals surface area contributed by atoms with Crippen LogP contribution in [0.4, 0.5) is 10.5 Å². The standard InChI is InChI=1S/C23H27N3O2/c1-3-4-16-26-22(27)21(25-23(26)28)20(15-12-18-8-6-5-7-9-18)24-19-13-10-17(2)11-14-19/h5-15,20-21,24H,3-4,16H2,1-2H3,(H,25,28)/b15-12+/t20-,21-/m1/s1. The first-order chi connectivity index (χ1) is 13.6. The molecule has 2 aromatic carbocycles. The molecule has 1 saturated heterocycles. The first kappa shape index (κ1) is 19.7. The largest absolute Gasteiger partial charge is 0.376 e. The van der Waals surface area contributed by atoms with E-state index in [4.69, 9.17) is 0 Å². The van der Waals surface area contributed by atoms with E-state index in [0.717, 1.165) is 29.7 Å². The second-order valence-electron chi connectivity index (χ2n) is 7.08. The minimum atomic E-state index is -0.634. The summed E-state index contributed by atoms with van der Waals surface area (Å²) in [6.45, 7) is 4.53. The normalized spacial score (nSPS) is 17.8. The van der Waals surface area contributed by atoms with Crippen LogP contribution in [-0.2, 0) is 4.79 Å². The highest BCUT2D eigenvalue weighted by atomic mass is 16.2. The first-order valence-electron chi connectivity index (χ1n) is 9.77. The Hall–Kier alpha value is -3.08. The van der Waals surface area contributed by atoms with E-state index in [2.05, 4.69) is 10.6 Å². The SMILES string of the molecule is CCCCN1C(=O)N[C@H]([C@@H](/C=C/c2ccccc2)Nc2ccc(C)cc2)C1=O. The molecule has 3 amide bonds. The molecule has 2 N–H and O–H groups in total. The van der Waals surface area contributed by atoms with Crippen molar-refractivity contribution in [3.8, 4) is 0 Å². The zero-order valence-electron chi connectivity index (χ0n) is 16.4. The van der Waals surface area contributed by atoms with Crippen LogP contribution in [0, 0.1) is 6.92 Å². The van der Waals surface area contributed by atoms with Gasteiger partial charge in [-0.1, -0.05) is 73.5 Å². The monoisotopic (exact) mass is 377 g/mol. The molecule has 0 radical (unpaired) electrons. The summed E-state index contributed by atoms with van der Waals surface area (Å²) >= 11 is 0. The lowest BCUT2D eigenvalue weighted by Crippen LogP contribution is -2.44. The molecule has 5 nitrogen and oxygen atoms in total. The maximum Gasteiger partial charge on any atom is 0.324 e. The summed E-state index contributed by atoms with van der Waals surface area (Å²) in [4.78, 5) is 26.5. The van der Waals surface area contributed by atoms with Gasteiger partial charge in [0, 0.05) is 12.2 Å². The number of carbonyl (C=O) groups excluding carboxylic acids is 2. The van der Waals surface area contributed by atoms with Crippen LogP contribution in [-0.4, -0.2) is 35.5 Å². The number of carbonyl (C=O) groups is 2. The summed E-state index contributed by atoms with van der Waals surface area (Å²) in [7, 11) is 0. The molecule has 0 spiro atoms. The number of imide groups is 1. The number of aryl methyl sites for hydroxylation is 1. The van der Waals surface area contributed by atoms with Crippen LogP contribution in [0.3, 0.4) is 0 Å². The summed E-state index contributed by atoms with van der Waals surface area (Å²) < 4.78 is 0. The number of benzene rings is 2. The number of anilines is 1. The maximum absolute atomic E-state index is 12.9. The fourth-order valence-electron chi connectivity index (χ4n) is 3.18. The Morgan fingerprint density at radius 3 is 2.50 bits per heavy atom. The van der Waals surface area contributed by atoms with Crippen LogP contribution in [0.1, 0.15) is 30.9 Å². The maximum atomic E-state index is 12.9. The molecule has 0 unspecified atom stereocenters. The van der Waals surface area contributed by atoms with Crippen LogP contribution < -0.4 is 10.6 Å². The first-order valence-corrected chi connectivity index (χ1v) is 9.77. The molecule has 0 bridgehead atoms. The topological polar surface area (TPSA) is 61.4 Å². The molecule has 1 aliphatic rings. The predicted octanol–water partition coefficient (Wildman–Crippen LogP) is 4.21. The summed E-state index contributed by atoms with van der Waals surface area (Å²) in [5.41, 5.74) is 3.11. The smallest absolute Gasteiger partial charge is 0.324 e. The Bertz CT molecular complexity index is 831. The molecule has 1 fully saturated rings. The van der Waals surface area contributed by atoms with Crippen molar-refractivity contribution in [2.24, 2.45) is 0 Å². The summed E-state index contributed by atoms with van der Waals surface area (Å²) in [6.07, 6.45) is 5.66. The molecule has 1 heterocycles. The molecule has 5 heteroatoms. The molecule has 1 aliphatic heterocycles. The van der Waals surface area contributed by atoms with E-state index in [1.165, 1.54) is 4.90 Å². The van der Waals surface area contributed by atoms with Crippen molar-refractivity contribution in [2.45, 2.75) is 38.8 Å². The van der Waals surface area contributed by atoms with Gasteiger partial charge in [0.1, 0.15) is 6.04 Å². The zero-order valence-corrected chi connectivity index (χ0v) is 16.4. The molecule has 3 rings (SSSR count). The van der Waals surface area contributed by atoms with E-state index in [-0.39, 0.29) is 18.0 Å². The Morgan fingerprint density at radius 2 is 1.82 bits per heavy atom. The fourth-order valence-corrected chi connectivity index (χ4v) is 3.18. The van der Waals surface area contributed by atoms with E-state index < -0.39 is 6.04 Å². The van der Waals surface area contributed by atoms with Gasteiger partial charge in [-0.2, -0.15) is 0 Å². The van der Waals surface area contributed by atoms with Gasteiger partial charge in [0.2, 0.25) is 0 Å². The van der Waals surface area contributed by atoms with Crippen molar-refractivity contribution in [1.29, 1.82) is 0 Å². The second kappa shape index (κ2) is 9.22. The number of urea groups is 1. The van der Waals surface area contributed by atoms with Gasteiger partial charge in [0.25, 0.3) is 5.91 Å². The summed E-state index contributed by atoms with van der Waals surface area (Å²) in [5, 5.41) is 6.25. The van der Waals surface area contributed by atoms with Gasteiger partial charge in [0.05, 0.1) is 6.04 Å². The Labute approximate surface area is 166 Å². The average Bonchev–Trinajstić information content (AvgIpc) is 2.99. The van der Waals surface area contributed by atoms with Crippen molar-refractivity contribution >= 4 is 23.7 Å². The molecule has 0 aliphatic carbocycles. The summed E-state index contributed by atoms with van der Waals surface area (Å²) in [5.74, 6) is -0.180. The van der Waals surface area contributed by atoms with Gasteiger partial charge in [-0.25, -0.2) is 4.79 Å². The number of amides is 3. The van der Waals surface area contributed by atoms with Crippen LogP contribution in [0.15, 0.2) is 60.7 Å². The minimum absolute atomic E-state index is 0.180. The number of hydrogen-bond acceptors (Lipinski definition) is 3. The van der Waals surface area contributed by atoms with E-state index in [1.54, 1.807) is 0 Å². The highest BCUT2D eigenvalue weighted by molar-refractivity contribution is 6.05. The van der Waals surface area contributed by atoms with Crippen molar-refractivity contribution in [2.75, 3.05) is 11.9 Å². The van der Waals surface area contributed by atoms with Crippen molar-refractivity contribution < 1.29 is 9.59 Å². The van der Waals surface area contributed by atoms with E-state index >= 15 is 0 Å². The Morgan fingerprint density at radius 1 is 1.11 bits per heavy atom. The summed E-state index contributed by atoms with van der Waals surface area (Å²) in [6, 6.07) is 16.6. The minimum Gasteiger partial charge on any atom is -0.376 e. The van der Waals surface area contributed by atoms with Gasteiger partial charge >= 0.3 is 6.03 Å². The third kappa shape index (κ3) is 4.80. The Balaban J connectivity index is 1.83. The van der Waals surface area contributed by atoms with E-state index in [9.17, 15) is 9.59 Å². The molecular weight excluding hydrogens is 350 g/mol.